The van der Waals surface area contributed by atoms with Crippen LogP contribution in [0.3, 0.4) is 0 Å². The van der Waals surface area contributed by atoms with E-state index in [4.69, 9.17) is 9.47 Å². The zero-order valence-electron chi connectivity index (χ0n) is 13.4. The lowest BCUT2D eigenvalue weighted by Gasteiger charge is -2.30. The summed E-state index contributed by atoms with van der Waals surface area (Å²) in [4.78, 5) is 13.5. The molecular weight excluding hydrogens is 270 g/mol. The molecule has 0 saturated carbocycles. The SMILES string of the molecule is COc1ccc(C(=O)O)c(OCCN(C(C)C)C(C)C)c1. The second-order valence-electron chi connectivity index (χ2n) is 5.44. The zero-order chi connectivity index (χ0) is 16.0. The average molecular weight is 295 g/mol. The third-order valence-corrected chi connectivity index (χ3v) is 3.35. The Balaban J connectivity index is 2.75. The molecule has 0 aliphatic heterocycles. The number of nitrogens with zero attached hydrogens (tertiary/aromatic N) is 1. The van der Waals surface area contributed by atoms with Crippen LogP contribution in [0.4, 0.5) is 0 Å². The first kappa shape index (κ1) is 17.3. The Kier molecular flexibility index (Phi) is 6.49. The van der Waals surface area contributed by atoms with E-state index in [9.17, 15) is 9.90 Å². The highest BCUT2D eigenvalue weighted by Gasteiger charge is 2.15. The second-order valence-corrected chi connectivity index (χ2v) is 5.44. The van der Waals surface area contributed by atoms with E-state index in [1.54, 1.807) is 19.2 Å². The number of carboxylic acids is 1. The van der Waals surface area contributed by atoms with Gasteiger partial charge in [-0.2, -0.15) is 0 Å². The van der Waals surface area contributed by atoms with Gasteiger partial charge in [0, 0.05) is 24.7 Å². The summed E-state index contributed by atoms with van der Waals surface area (Å²) in [7, 11) is 1.54. The minimum Gasteiger partial charge on any atom is -0.497 e. The van der Waals surface area contributed by atoms with Crippen molar-refractivity contribution in [2.75, 3.05) is 20.3 Å². The first-order valence-electron chi connectivity index (χ1n) is 7.16. The zero-order valence-corrected chi connectivity index (χ0v) is 13.4. The number of hydrogen-bond acceptors (Lipinski definition) is 4. The molecule has 0 aliphatic carbocycles. The topological polar surface area (TPSA) is 59.0 Å². The molecule has 0 radical (unpaired) electrons. The third kappa shape index (κ3) is 4.93. The van der Waals surface area contributed by atoms with Crippen molar-refractivity contribution < 1.29 is 19.4 Å². The fraction of sp³-hybridized carbons (Fsp3) is 0.562. The molecule has 21 heavy (non-hydrogen) atoms. The fourth-order valence-corrected chi connectivity index (χ4v) is 2.30. The predicted molar refractivity (Wildman–Crippen MR) is 82.4 cm³/mol. The lowest BCUT2D eigenvalue weighted by molar-refractivity contribution is 0.0690. The van der Waals surface area contributed by atoms with E-state index in [-0.39, 0.29) is 5.56 Å². The first-order chi connectivity index (χ1) is 9.86. The molecule has 0 unspecified atom stereocenters. The average Bonchev–Trinajstić information content (AvgIpc) is 2.42. The summed E-state index contributed by atoms with van der Waals surface area (Å²) in [5.74, 6) is -0.0777. The molecule has 0 atom stereocenters. The van der Waals surface area contributed by atoms with Gasteiger partial charge in [-0.15, -0.1) is 0 Å². The fourth-order valence-electron chi connectivity index (χ4n) is 2.30. The van der Waals surface area contributed by atoms with Crippen LogP contribution in [-0.4, -0.2) is 48.3 Å². The largest absolute Gasteiger partial charge is 0.497 e. The Morgan fingerprint density at radius 2 is 1.86 bits per heavy atom. The van der Waals surface area contributed by atoms with Crippen molar-refractivity contribution >= 4 is 5.97 Å². The summed E-state index contributed by atoms with van der Waals surface area (Å²) in [5.41, 5.74) is 0.149. The summed E-state index contributed by atoms with van der Waals surface area (Å²) < 4.78 is 10.8. The highest BCUT2D eigenvalue weighted by molar-refractivity contribution is 5.91. The maximum atomic E-state index is 11.2. The number of ether oxygens (including phenoxy) is 2. The van der Waals surface area contributed by atoms with Crippen molar-refractivity contribution in [3.05, 3.63) is 23.8 Å². The molecule has 0 saturated heterocycles. The molecule has 1 aromatic carbocycles. The highest BCUT2D eigenvalue weighted by Crippen LogP contribution is 2.25. The van der Waals surface area contributed by atoms with Crippen LogP contribution >= 0.6 is 0 Å². The molecule has 1 N–H and O–H groups in total. The van der Waals surface area contributed by atoms with Crippen LogP contribution in [0.5, 0.6) is 11.5 Å². The monoisotopic (exact) mass is 295 g/mol. The molecule has 0 amide bonds. The van der Waals surface area contributed by atoms with Crippen molar-refractivity contribution in [1.29, 1.82) is 0 Å². The summed E-state index contributed by atoms with van der Waals surface area (Å²) in [5, 5.41) is 9.18. The lowest BCUT2D eigenvalue weighted by atomic mass is 10.2. The normalized spacial score (nSPS) is 11.2. The molecule has 0 spiro atoms. The van der Waals surface area contributed by atoms with Gasteiger partial charge in [-0.1, -0.05) is 0 Å². The van der Waals surface area contributed by atoms with Gasteiger partial charge in [-0.3, -0.25) is 4.90 Å². The molecule has 0 aliphatic rings. The number of carboxylic acid groups (broad SMARTS) is 1. The van der Waals surface area contributed by atoms with E-state index in [0.29, 0.717) is 30.2 Å². The van der Waals surface area contributed by atoms with Crippen LogP contribution in [0.25, 0.3) is 0 Å². The number of carbonyl (C=O) groups is 1. The van der Waals surface area contributed by atoms with Gasteiger partial charge >= 0.3 is 5.97 Å². The van der Waals surface area contributed by atoms with Crippen LogP contribution in [0.15, 0.2) is 18.2 Å². The predicted octanol–water partition coefficient (Wildman–Crippen LogP) is 2.89. The lowest BCUT2D eigenvalue weighted by Crippen LogP contribution is -2.39. The van der Waals surface area contributed by atoms with Gasteiger partial charge < -0.3 is 14.6 Å². The summed E-state index contributed by atoms with van der Waals surface area (Å²) >= 11 is 0. The first-order valence-corrected chi connectivity index (χ1v) is 7.16. The van der Waals surface area contributed by atoms with Gasteiger partial charge in [0.1, 0.15) is 23.7 Å². The molecule has 0 fully saturated rings. The number of methoxy groups -OCH3 is 1. The van der Waals surface area contributed by atoms with Gasteiger partial charge in [0.05, 0.1) is 7.11 Å². The summed E-state index contributed by atoms with van der Waals surface area (Å²) in [6, 6.07) is 5.55. The number of rotatable bonds is 8. The standard InChI is InChI=1S/C16H25NO4/c1-11(2)17(12(3)4)8-9-21-15-10-13(20-5)6-7-14(15)16(18)19/h6-7,10-12H,8-9H2,1-5H3,(H,18,19). The van der Waals surface area contributed by atoms with Crippen LogP contribution in [0.2, 0.25) is 0 Å². The molecule has 1 rings (SSSR count). The minimum atomic E-state index is -1.00. The van der Waals surface area contributed by atoms with Gasteiger partial charge in [0.25, 0.3) is 0 Å². The molecule has 0 aromatic heterocycles. The van der Waals surface area contributed by atoms with Gasteiger partial charge in [-0.25, -0.2) is 4.79 Å². The molecule has 5 heteroatoms. The van der Waals surface area contributed by atoms with Crippen molar-refractivity contribution in [2.45, 2.75) is 39.8 Å². The maximum Gasteiger partial charge on any atom is 0.339 e. The molecule has 0 heterocycles. The minimum absolute atomic E-state index is 0.149. The summed E-state index contributed by atoms with van der Waals surface area (Å²) in [6.07, 6.45) is 0. The van der Waals surface area contributed by atoms with Crippen LogP contribution < -0.4 is 9.47 Å². The van der Waals surface area contributed by atoms with Crippen molar-refractivity contribution in [1.82, 2.24) is 4.90 Å². The van der Waals surface area contributed by atoms with E-state index < -0.39 is 5.97 Å². The Morgan fingerprint density at radius 3 is 2.33 bits per heavy atom. The van der Waals surface area contributed by atoms with Crippen molar-refractivity contribution in [2.24, 2.45) is 0 Å². The van der Waals surface area contributed by atoms with E-state index in [0.717, 1.165) is 6.54 Å². The molecule has 5 nitrogen and oxygen atoms in total. The number of benzene rings is 1. The van der Waals surface area contributed by atoms with Gasteiger partial charge in [0.15, 0.2) is 0 Å². The van der Waals surface area contributed by atoms with Crippen LogP contribution in [-0.2, 0) is 0 Å². The second kappa shape index (κ2) is 7.88. The van der Waals surface area contributed by atoms with Crippen LogP contribution in [0.1, 0.15) is 38.1 Å². The smallest absolute Gasteiger partial charge is 0.339 e. The van der Waals surface area contributed by atoms with E-state index in [1.807, 2.05) is 0 Å². The van der Waals surface area contributed by atoms with Crippen LogP contribution in [0, 0.1) is 0 Å². The third-order valence-electron chi connectivity index (χ3n) is 3.35. The Morgan fingerprint density at radius 1 is 1.24 bits per heavy atom. The number of hydrogen-bond donors (Lipinski definition) is 1. The van der Waals surface area contributed by atoms with E-state index in [2.05, 4.69) is 32.6 Å². The van der Waals surface area contributed by atoms with Gasteiger partial charge in [0.2, 0.25) is 0 Å². The molecule has 118 valence electrons. The Hall–Kier alpha value is -1.75. The van der Waals surface area contributed by atoms with E-state index in [1.165, 1.54) is 6.07 Å². The maximum absolute atomic E-state index is 11.2. The van der Waals surface area contributed by atoms with Crippen molar-refractivity contribution in [3.63, 3.8) is 0 Å². The highest BCUT2D eigenvalue weighted by atomic mass is 16.5. The molecule has 1 aromatic rings. The molecular formula is C16H25NO4. The molecule has 0 bridgehead atoms. The number of aromatic carboxylic acids is 1. The van der Waals surface area contributed by atoms with E-state index >= 15 is 0 Å². The quantitative estimate of drug-likeness (QED) is 0.799. The summed E-state index contributed by atoms with van der Waals surface area (Å²) in [6.45, 7) is 9.71. The Labute approximate surface area is 126 Å². The Bertz CT molecular complexity index is 463. The van der Waals surface area contributed by atoms with Gasteiger partial charge in [-0.05, 0) is 39.8 Å². The van der Waals surface area contributed by atoms with Crippen molar-refractivity contribution in [3.8, 4) is 11.5 Å².